The Kier molecular flexibility index (Phi) is 6.07. The quantitative estimate of drug-likeness (QED) is 0.637. The van der Waals surface area contributed by atoms with Crippen LogP contribution in [0.15, 0.2) is 35.9 Å². The lowest BCUT2D eigenvalue weighted by Gasteiger charge is -2.48. The smallest absolute Gasteiger partial charge is 0.0357 e. The lowest BCUT2D eigenvalue weighted by molar-refractivity contribution is 0.146. The molecule has 1 aliphatic carbocycles. The summed E-state index contributed by atoms with van der Waals surface area (Å²) in [7, 11) is 0. The molecule has 0 aromatic heterocycles. The van der Waals surface area contributed by atoms with Crippen LogP contribution in [0.4, 0.5) is 5.69 Å². The molecule has 144 valence electrons. The van der Waals surface area contributed by atoms with Crippen LogP contribution in [0.2, 0.25) is 0 Å². The van der Waals surface area contributed by atoms with Crippen LogP contribution < -0.4 is 11.5 Å². The minimum atomic E-state index is -0.0386. The van der Waals surface area contributed by atoms with Gasteiger partial charge in [0, 0.05) is 17.1 Å². The molecule has 1 aromatic rings. The van der Waals surface area contributed by atoms with Gasteiger partial charge in [0.05, 0.1) is 0 Å². The van der Waals surface area contributed by atoms with E-state index in [4.69, 9.17) is 11.5 Å². The number of anilines is 1. The molecule has 1 aromatic carbocycles. The first kappa shape index (κ1) is 20.8. The van der Waals surface area contributed by atoms with Crippen LogP contribution in [0.1, 0.15) is 72.4 Å². The van der Waals surface area contributed by atoms with Gasteiger partial charge in [-0.1, -0.05) is 73.6 Å². The summed E-state index contributed by atoms with van der Waals surface area (Å²) in [5, 5.41) is 0. The van der Waals surface area contributed by atoms with Crippen LogP contribution in [-0.4, -0.2) is 6.04 Å². The van der Waals surface area contributed by atoms with Gasteiger partial charge in [-0.25, -0.2) is 0 Å². The van der Waals surface area contributed by atoms with Crippen molar-refractivity contribution in [1.82, 2.24) is 0 Å². The minimum absolute atomic E-state index is 0.0386. The van der Waals surface area contributed by atoms with Gasteiger partial charge in [-0.05, 0) is 58.1 Å². The Bertz CT molecular complexity index is 697. The third-order valence-electron chi connectivity index (χ3n) is 6.33. The summed E-state index contributed by atoms with van der Waals surface area (Å²) in [6.45, 7) is 18.1. The molecule has 0 aliphatic heterocycles. The zero-order valence-electron chi connectivity index (χ0n) is 17.9. The highest BCUT2D eigenvalue weighted by Gasteiger charge is 2.44. The fourth-order valence-corrected chi connectivity index (χ4v) is 4.62. The van der Waals surface area contributed by atoms with Gasteiger partial charge in [0.15, 0.2) is 0 Å². The summed E-state index contributed by atoms with van der Waals surface area (Å²) in [5.41, 5.74) is 19.0. The van der Waals surface area contributed by atoms with Crippen molar-refractivity contribution in [1.29, 1.82) is 0 Å². The fourth-order valence-electron chi connectivity index (χ4n) is 4.62. The summed E-state index contributed by atoms with van der Waals surface area (Å²) in [6.07, 6.45) is 4.78. The number of nitrogen functional groups attached to an aromatic ring is 1. The Morgan fingerprint density at radius 2 is 1.46 bits per heavy atom. The van der Waals surface area contributed by atoms with E-state index in [1.165, 1.54) is 22.3 Å². The van der Waals surface area contributed by atoms with Gasteiger partial charge < -0.3 is 11.5 Å². The molecule has 0 spiro atoms. The predicted octanol–water partition coefficient (Wildman–Crippen LogP) is 6.00. The Labute approximate surface area is 160 Å². The van der Waals surface area contributed by atoms with Gasteiger partial charge >= 0.3 is 0 Å². The highest BCUT2D eigenvalue weighted by molar-refractivity contribution is 5.79. The Morgan fingerprint density at radius 3 is 1.92 bits per heavy atom. The van der Waals surface area contributed by atoms with Crippen molar-refractivity contribution in [3.05, 3.63) is 47.1 Å². The van der Waals surface area contributed by atoms with Crippen LogP contribution >= 0.6 is 0 Å². The third-order valence-corrected chi connectivity index (χ3v) is 6.33. The molecule has 0 bridgehead atoms. The summed E-state index contributed by atoms with van der Waals surface area (Å²) in [4.78, 5) is 0. The van der Waals surface area contributed by atoms with E-state index in [-0.39, 0.29) is 11.5 Å². The van der Waals surface area contributed by atoms with Gasteiger partial charge in [-0.2, -0.15) is 0 Å². The van der Waals surface area contributed by atoms with Crippen LogP contribution in [0, 0.1) is 23.2 Å². The zero-order valence-corrected chi connectivity index (χ0v) is 17.9. The number of hydrogen-bond acceptors (Lipinski definition) is 2. The molecule has 2 rings (SSSR count). The maximum atomic E-state index is 6.87. The SMILES string of the molecule is CC(C)C1=CC(c2ccc(N)c(C(C)C)c2)=CC(C(C)C)(C(C)C)C1N. The molecule has 1 atom stereocenters. The standard InChI is InChI=1S/C24H38N2/c1-14(2)20-11-18(9-10-22(20)25)19-12-21(15(3)4)23(26)24(13-19,16(5)6)17(7)8/h9-17,23H,25-26H2,1-8H3. The van der Waals surface area contributed by atoms with Crippen molar-refractivity contribution in [3.63, 3.8) is 0 Å². The van der Waals surface area contributed by atoms with Gasteiger partial charge in [-0.15, -0.1) is 0 Å². The number of rotatable bonds is 5. The van der Waals surface area contributed by atoms with E-state index in [9.17, 15) is 0 Å². The Hall–Kier alpha value is -1.54. The highest BCUT2D eigenvalue weighted by Crippen LogP contribution is 2.48. The average Bonchev–Trinajstić information content (AvgIpc) is 2.54. The minimum Gasteiger partial charge on any atom is -0.398 e. The maximum Gasteiger partial charge on any atom is 0.0357 e. The van der Waals surface area contributed by atoms with E-state index >= 15 is 0 Å². The van der Waals surface area contributed by atoms with Crippen molar-refractivity contribution in [2.45, 2.75) is 67.3 Å². The van der Waals surface area contributed by atoms with Gasteiger partial charge in [-0.3, -0.25) is 0 Å². The molecule has 0 amide bonds. The molecular weight excluding hydrogens is 316 g/mol. The first-order chi connectivity index (χ1) is 12.0. The molecule has 0 heterocycles. The molecule has 26 heavy (non-hydrogen) atoms. The summed E-state index contributed by atoms with van der Waals surface area (Å²) in [5.74, 6) is 1.78. The largest absolute Gasteiger partial charge is 0.398 e. The summed E-state index contributed by atoms with van der Waals surface area (Å²) in [6, 6.07) is 6.53. The summed E-state index contributed by atoms with van der Waals surface area (Å²) < 4.78 is 0. The van der Waals surface area contributed by atoms with E-state index in [0.717, 1.165) is 5.69 Å². The third kappa shape index (κ3) is 3.49. The van der Waals surface area contributed by atoms with Crippen LogP contribution in [0.5, 0.6) is 0 Å². The summed E-state index contributed by atoms with van der Waals surface area (Å²) >= 11 is 0. The molecule has 0 saturated heterocycles. The van der Waals surface area contributed by atoms with Crippen molar-refractivity contribution >= 4 is 11.3 Å². The number of hydrogen-bond donors (Lipinski definition) is 2. The van der Waals surface area contributed by atoms with Crippen LogP contribution in [-0.2, 0) is 0 Å². The molecule has 0 saturated carbocycles. The average molecular weight is 355 g/mol. The normalized spacial score (nSPS) is 20.1. The molecule has 0 fully saturated rings. The van der Waals surface area contributed by atoms with Crippen molar-refractivity contribution < 1.29 is 0 Å². The number of nitrogens with two attached hydrogens (primary N) is 2. The van der Waals surface area contributed by atoms with Crippen molar-refractivity contribution in [2.24, 2.45) is 28.9 Å². The van der Waals surface area contributed by atoms with Gasteiger partial charge in [0.1, 0.15) is 0 Å². The molecule has 0 radical (unpaired) electrons. The number of benzene rings is 1. The molecular formula is C24H38N2. The second kappa shape index (κ2) is 7.60. The Morgan fingerprint density at radius 1 is 0.885 bits per heavy atom. The van der Waals surface area contributed by atoms with E-state index < -0.39 is 0 Å². The van der Waals surface area contributed by atoms with E-state index in [1.54, 1.807) is 0 Å². The predicted molar refractivity (Wildman–Crippen MR) is 116 cm³/mol. The second-order valence-corrected chi connectivity index (χ2v) is 9.18. The lowest BCUT2D eigenvalue weighted by Crippen LogP contribution is -2.51. The van der Waals surface area contributed by atoms with Crippen molar-refractivity contribution in [3.8, 4) is 0 Å². The maximum absolute atomic E-state index is 6.87. The van der Waals surface area contributed by atoms with E-state index in [0.29, 0.717) is 23.7 Å². The van der Waals surface area contributed by atoms with Crippen LogP contribution in [0.25, 0.3) is 5.57 Å². The second-order valence-electron chi connectivity index (χ2n) is 9.18. The Balaban J connectivity index is 2.71. The number of allylic oxidation sites excluding steroid dienone is 2. The van der Waals surface area contributed by atoms with Gasteiger partial charge in [0.25, 0.3) is 0 Å². The van der Waals surface area contributed by atoms with Gasteiger partial charge in [0.2, 0.25) is 0 Å². The molecule has 4 N–H and O–H groups in total. The zero-order chi connectivity index (χ0) is 19.8. The van der Waals surface area contributed by atoms with Crippen molar-refractivity contribution in [2.75, 3.05) is 5.73 Å². The first-order valence-electron chi connectivity index (χ1n) is 10.1. The first-order valence-corrected chi connectivity index (χ1v) is 10.1. The van der Waals surface area contributed by atoms with E-state index in [1.807, 2.05) is 0 Å². The molecule has 1 unspecified atom stereocenters. The lowest BCUT2D eigenvalue weighted by atomic mass is 9.58. The monoisotopic (exact) mass is 354 g/mol. The highest BCUT2D eigenvalue weighted by atomic mass is 14.7. The fraction of sp³-hybridized carbons (Fsp3) is 0.583. The topological polar surface area (TPSA) is 52.0 Å². The van der Waals surface area contributed by atoms with E-state index in [2.05, 4.69) is 85.7 Å². The molecule has 2 heteroatoms. The molecule has 1 aliphatic rings. The molecule has 2 nitrogen and oxygen atoms in total. The van der Waals surface area contributed by atoms with Crippen LogP contribution in [0.3, 0.4) is 0 Å².